The molecule has 1 aromatic heterocycles. The van der Waals surface area contributed by atoms with Gasteiger partial charge < -0.3 is 10.5 Å². The summed E-state index contributed by atoms with van der Waals surface area (Å²) < 4.78 is 6.03. The van der Waals surface area contributed by atoms with Gasteiger partial charge in [-0.05, 0) is 62.1 Å². The Balaban J connectivity index is 1.51. The minimum atomic E-state index is -0.359. The summed E-state index contributed by atoms with van der Waals surface area (Å²) in [7, 11) is 0. The lowest BCUT2D eigenvalue weighted by molar-refractivity contribution is 0.0943. The van der Waals surface area contributed by atoms with Gasteiger partial charge in [0.25, 0.3) is 0 Å². The predicted molar refractivity (Wildman–Crippen MR) is 109 cm³/mol. The van der Waals surface area contributed by atoms with Crippen molar-refractivity contribution in [1.29, 1.82) is 0 Å². The van der Waals surface area contributed by atoms with Crippen LogP contribution in [-0.2, 0) is 11.2 Å². The molecule has 144 valence electrons. The third kappa shape index (κ3) is 5.31. The number of nitrogens with zero attached hydrogens (tertiary/aromatic N) is 1. The Morgan fingerprint density at radius 1 is 1.22 bits per heavy atom. The molecule has 0 spiro atoms. The summed E-state index contributed by atoms with van der Waals surface area (Å²) >= 11 is 7.14. The highest BCUT2D eigenvalue weighted by atomic mass is 35.5. The van der Waals surface area contributed by atoms with Gasteiger partial charge in [-0.2, -0.15) is 0 Å². The summed E-state index contributed by atoms with van der Waals surface area (Å²) in [6.07, 6.45) is 3.27. The molecule has 1 aliphatic heterocycles. The zero-order chi connectivity index (χ0) is 19.2. The second kappa shape index (κ2) is 9.35. The summed E-state index contributed by atoms with van der Waals surface area (Å²) in [5, 5.41) is 0. The van der Waals surface area contributed by atoms with Crippen LogP contribution in [-0.4, -0.2) is 31.1 Å². The van der Waals surface area contributed by atoms with Gasteiger partial charge in [-0.3, -0.25) is 9.69 Å². The van der Waals surface area contributed by atoms with Gasteiger partial charge in [0.05, 0.1) is 15.8 Å². The normalized spacial score (nSPS) is 16.6. The van der Waals surface area contributed by atoms with Crippen LogP contribution in [0.5, 0.6) is 0 Å². The van der Waals surface area contributed by atoms with Crippen molar-refractivity contribution in [3.05, 3.63) is 51.2 Å². The zero-order valence-corrected chi connectivity index (χ0v) is 16.6. The number of anilines is 1. The van der Waals surface area contributed by atoms with E-state index in [4.69, 9.17) is 22.1 Å². The third-order valence-corrected chi connectivity index (χ3v) is 5.86. The fourth-order valence-electron chi connectivity index (χ4n) is 3.08. The Morgan fingerprint density at radius 2 is 2.00 bits per heavy atom. The lowest BCUT2D eigenvalue weighted by Gasteiger charge is -2.13. The number of nitrogens with two attached hydrogens (primary N) is 1. The molecule has 5 nitrogen and oxygen atoms in total. The minimum absolute atomic E-state index is 0.0308. The molecule has 0 unspecified atom stereocenters. The second-order valence-corrected chi connectivity index (χ2v) is 8.31. The van der Waals surface area contributed by atoms with Gasteiger partial charge in [-0.25, -0.2) is 4.79 Å². The first-order valence-electron chi connectivity index (χ1n) is 9.12. The van der Waals surface area contributed by atoms with Crippen molar-refractivity contribution in [2.45, 2.75) is 38.2 Å². The van der Waals surface area contributed by atoms with Crippen LogP contribution in [0.3, 0.4) is 0 Å². The molecule has 27 heavy (non-hydrogen) atoms. The van der Waals surface area contributed by atoms with Gasteiger partial charge in [-0.15, -0.1) is 11.3 Å². The number of unbranched alkanes of at least 4 members (excludes halogenated alkanes) is 1. The molecule has 1 atom stereocenters. The predicted octanol–water partition coefficient (Wildman–Crippen LogP) is 4.67. The first kappa shape index (κ1) is 19.9. The highest BCUT2D eigenvalue weighted by molar-refractivity contribution is 7.18. The number of halogens is 1. The summed E-state index contributed by atoms with van der Waals surface area (Å²) in [5.41, 5.74) is 7.57. The molecular weight excluding hydrogens is 384 g/mol. The van der Waals surface area contributed by atoms with E-state index >= 15 is 0 Å². The van der Waals surface area contributed by atoms with Crippen molar-refractivity contribution in [3.8, 4) is 0 Å². The smallest absolute Gasteiger partial charge is 0.414 e. The number of benzene rings is 1. The molecule has 2 aromatic rings. The summed E-state index contributed by atoms with van der Waals surface area (Å²) in [4.78, 5) is 26.6. The van der Waals surface area contributed by atoms with Crippen LogP contribution in [0.4, 0.5) is 10.5 Å². The van der Waals surface area contributed by atoms with Crippen LogP contribution in [0.15, 0.2) is 36.4 Å². The maximum Gasteiger partial charge on any atom is 0.414 e. The molecule has 0 aliphatic carbocycles. The number of ketones is 1. The van der Waals surface area contributed by atoms with E-state index in [0.29, 0.717) is 35.1 Å². The third-order valence-electron chi connectivity index (χ3n) is 4.58. The quantitative estimate of drug-likeness (QED) is 0.485. The molecule has 0 bridgehead atoms. The number of Topliss-reactive ketones (excluding diaryl/α,β-unsaturated/α-hetero) is 1. The maximum atomic E-state index is 12.2. The number of thiophene rings is 1. The monoisotopic (exact) mass is 406 g/mol. The van der Waals surface area contributed by atoms with E-state index in [1.165, 1.54) is 16.9 Å². The van der Waals surface area contributed by atoms with Crippen LogP contribution in [0.1, 0.15) is 40.9 Å². The number of rotatable bonds is 9. The minimum Gasteiger partial charge on any atom is -0.444 e. The number of hydrogen-bond acceptors (Lipinski definition) is 5. The molecule has 2 heterocycles. The number of carbonyl (C=O) groups is 2. The molecular formula is C20H23ClN2O3S. The summed E-state index contributed by atoms with van der Waals surface area (Å²) in [5.74, 6) is 0.0308. The fraction of sp³-hybridized carbons (Fsp3) is 0.400. The zero-order valence-electron chi connectivity index (χ0n) is 15.0. The van der Waals surface area contributed by atoms with Crippen molar-refractivity contribution >= 4 is 40.5 Å². The number of aryl methyl sites for hydroxylation is 1. The van der Waals surface area contributed by atoms with Gasteiger partial charge in [0.2, 0.25) is 0 Å². The van der Waals surface area contributed by atoms with Crippen LogP contribution >= 0.6 is 22.9 Å². The first-order chi connectivity index (χ1) is 13.1. The van der Waals surface area contributed by atoms with Crippen molar-refractivity contribution in [3.63, 3.8) is 0 Å². The van der Waals surface area contributed by atoms with Crippen LogP contribution in [0.2, 0.25) is 4.34 Å². The van der Waals surface area contributed by atoms with Crippen molar-refractivity contribution in [2.75, 3.05) is 18.0 Å². The van der Waals surface area contributed by atoms with E-state index in [1.807, 2.05) is 24.3 Å². The van der Waals surface area contributed by atoms with Gasteiger partial charge >= 0.3 is 6.09 Å². The van der Waals surface area contributed by atoms with Crippen molar-refractivity contribution in [2.24, 2.45) is 5.73 Å². The Hall–Kier alpha value is -1.89. The van der Waals surface area contributed by atoms with Crippen molar-refractivity contribution < 1.29 is 14.3 Å². The number of hydrogen-bond donors (Lipinski definition) is 1. The molecule has 0 saturated carbocycles. The Kier molecular flexibility index (Phi) is 6.88. The molecule has 2 N–H and O–H groups in total. The van der Waals surface area contributed by atoms with E-state index in [0.717, 1.165) is 24.9 Å². The highest BCUT2D eigenvalue weighted by Crippen LogP contribution is 2.26. The molecule has 1 fully saturated rings. The topological polar surface area (TPSA) is 72.6 Å². The standard InChI is InChI=1S/C20H23ClN2O3S/c21-19-11-10-18(27-19)17(24)9-8-16-13-23(20(25)26-16)15-6-4-14(5-7-15)3-1-2-12-22/h4-7,10-11,16H,1-3,8-9,12-13,22H2/t16-/m0/s1. The van der Waals surface area contributed by atoms with E-state index < -0.39 is 0 Å². The van der Waals surface area contributed by atoms with Crippen molar-refractivity contribution in [1.82, 2.24) is 0 Å². The van der Waals surface area contributed by atoms with E-state index in [-0.39, 0.29) is 18.0 Å². The maximum absolute atomic E-state index is 12.2. The Labute approximate surface area is 168 Å². The average molecular weight is 407 g/mol. The van der Waals surface area contributed by atoms with Gasteiger partial charge in [0.1, 0.15) is 6.10 Å². The van der Waals surface area contributed by atoms with E-state index in [9.17, 15) is 9.59 Å². The molecule has 1 aliphatic rings. The average Bonchev–Trinajstić information content (AvgIpc) is 3.26. The molecule has 1 saturated heterocycles. The SMILES string of the molecule is NCCCCc1ccc(N2C[C@H](CCC(=O)c3ccc(Cl)s3)OC2=O)cc1. The van der Waals surface area contributed by atoms with E-state index in [1.54, 1.807) is 17.0 Å². The summed E-state index contributed by atoms with van der Waals surface area (Å²) in [6.45, 7) is 1.17. The Bertz CT molecular complexity index is 791. The highest BCUT2D eigenvalue weighted by Gasteiger charge is 2.32. The lowest BCUT2D eigenvalue weighted by atomic mass is 10.1. The van der Waals surface area contributed by atoms with Gasteiger partial charge in [0.15, 0.2) is 5.78 Å². The first-order valence-corrected chi connectivity index (χ1v) is 10.3. The number of amides is 1. The molecule has 1 aromatic carbocycles. The fourth-order valence-corrected chi connectivity index (χ4v) is 4.09. The molecule has 3 rings (SSSR count). The second-order valence-electron chi connectivity index (χ2n) is 6.59. The van der Waals surface area contributed by atoms with Crippen LogP contribution in [0.25, 0.3) is 0 Å². The largest absolute Gasteiger partial charge is 0.444 e. The molecule has 0 radical (unpaired) electrons. The number of carbonyl (C=O) groups excluding carboxylic acids is 2. The lowest BCUT2D eigenvalue weighted by Crippen LogP contribution is -2.24. The molecule has 7 heteroatoms. The Morgan fingerprint density at radius 3 is 2.67 bits per heavy atom. The van der Waals surface area contributed by atoms with Gasteiger partial charge in [0, 0.05) is 12.1 Å². The van der Waals surface area contributed by atoms with E-state index in [2.05, 4.69) is 0 Å². The summed E-state index contributed by atoms with van der Waals surface area (Å²) in [6, 6.07) is 11.4. The van der Waals surface area contributed by atoms with Crippen LogP contribution < -0.4 is 10.6 Å². The molecule has 1 amide bonds. The van der Waals surface area contributed by atoms with Crippen LogP contribution in [0, 0.1) is 0 Å². The number of cyclic esters (lactones) is 1. The number of ether oxygens (including phenoxy) is 1. The van der Waals surface area contributed by atoms with Gasteiger partial charge in [-0.1, -0.05) is 23.7 Å².